The summed E-state index contributed by atoms with van der Waals surface area (Å²) in [4.78, 5) is 8.64. The number of ether oxygens (including phenoxy) is 1. The molecule has 1 aromatic carbocycles. The van der Waals surface area contributed by atoms with Crippen molar-refractivity contribution in [3.63, 3.8) is 0 Å². The second-order valence-electron chi connectivity index (χ2n) is 4.96. The first-order valence-corrected chi connectivity index (χ1v) is 7.26. The fraction of sp³-hybridized carbons (Fsp3) is 0.267. The van der Waals surface area contributed by atoms with E-state index in [2.05, 4.69) is 20.6 Å². The minimum absolute atomic E-state index is 0.444. The van der Waals surface area contributed by atoms with Crippen LogP contribution in [0.1, 0.15) is 18.5 Å². The number of nitrogens with zero attached hydrogens (tertiary/aromatic N) is 2. The van der Waals surface area contributed by atoms with Crippen LogP contribution >= 0.6 is 12.2 Å². The molecule has 0 saturated heterocycles. The van der Waals surface area contributed by atoms with Crippen LogP contribution in [-0.2, 0) is 0 Å². The van der Waals surface area contributed by atoms with E-state index in [1.165, 1.54) is 12.8 Å². The Kier molecular flexibility index (Phi) is 3.96. The molecule has 1 fully saturated rings. The molecule has 0 amide bonds. The number of anilines is 1. The lowest BCUT2D eigenvalue weighted by atomic mass is 10.3. The molecule has 21 heavy (non-hydrogen) atoms. The Morgan fingerprint density at radius 1 is 1.24 bits per heavy atom. The summed E-state index contributed by atoms with van der Waals surface area (Å²) in [6.45, 7) is 1.89. The molecular formula is C15H16N4OS. The molecule has 2 aromatic rings. The van der Waals surface area contributed by atoms with Gasteiger partial charge in [-0.2, -0.15) is 4.98 Å². The molecule has 108 valence electrons. The van der Waals surface area contributed by atoms with Crippen molar-refractivity contribution in [2.45, 2.75) is 25.8 Å². The first kappa shape index (κ1) is 13.8. The first-order valence-electron chi connectivity index (χ1n) is 6.85. The summed E-state index contributed by atoms with van der Waals surface area (Å²) in [6, 6.07) is 11.8. The molecule has 2 N–H and O–H groups in total. The topological polar surface area (TPSA) is 59.1 Å². The quantitative estimate of drug-likeness (QED) is 0.846. The van der Waals surface area contributed by atoms with E-state index in [-0.39, 0.29) is 0 Å². The van der Waals surface area contributed by atoms with Gasteiger partial charge in [0.05, 0.1) is 0 Å². The molecule has 0 atom stereocenters. The van der Waals surface area contributed by atoms with Gasteiger partial charge in [-0.3, -0.25) is 0 Å². The largest absolute Gasteiger partial charge is 0.439 e. The molecule has 1 saturated carbocycles. The molecule has 5 nitrogen and oxygen atoms in total. The second-order valence-corrected chi connectivity index (χ2v) is 5.37. The van der Waals surface area contributed by atoms with E-state index in [4.69, 9.17) is 17.0 Å². The van der Waals surface area contributed by atoms with Crippen LogP contribution in [0.25, 0.3) is 0 Å². The Labute approximate surface area is 128 Å². The van der Waals surface area contributed by atoms with Crippen molar-refractivity contribution in [1.29, 1.82) is 0 Å². The number of hydrogen-bond acceptors (Lipinski definition) is 4. The predicted molar refractivity (Wildman–Crippen MR) is 85.7 cm³/mol. The summed E-state index contributed by atoms with van der Waals surface area (Å²) >= 11 is 5.23. The van der Waals surface area contributed by atoms with Gasteiger partial charge in [0, 0.05) is 17.8 Å². The highest BCUT2D eigenvalue weighted by atomic mass is 32.1. The van der Waals surface area contributed by atoms with Gasteiger partial charge in [0.1, 0.15) is 5.75 Å². The molecule has 0 spiro atoms. The number of nitrogens with one attached hydrogen (secondary N) is 2. The zero-order valence-corrected chi connectivity index (χ0v) is 12.5. The van der Waals surface area contributed by atoms with Crippen molar-refractivity contribution in [3.8, 4) is 11.6 Å². The third-order valence-electron chi connectivity index (χ3n) is 2.93. The van der Waals surface area contributed by atoms with E-state index < -0.39 is 0 Å². The van der Waals surface area contributed by atoms with Gasteiger partial charge in [0.25, 0.3) is 0 Å². The number of rotatable bonds is 4. The molecule has 0 bridgehead atoms. The number of hydrogen-bond donors (Lipinski definition) is 2. The molecule has 3 rings (SSSR count). The highest BCUT2D eigenvalue weighted by Crippen LogP contribution is 2.21. The van der Waals surface area contributed by atoms with Crippen molar-refractivity contribution in [3.05, 3.63) is 42.1 Å². The molecular weight excluding hydrogens is 284 g/mol. The van der Waals surface area contributed by atoms with E-state index in [9.17, 15) is 0 Å². The molecule has 6 heteroatoms. The molecule has 1 aromatic heterocycles. The van der Waals surface area contributed by atoms with Gasteiger partial charge in [0.2, 0.25) is 11.8 Å². The molecule has 0 unspecified atom stereocenters. The Morgan fingerprint density at radius 3 is 2.71 bits per heavy atom. The number of thiocarbonyl (C=S) groups is 1. The summed E-state index contributed by atoms with van der Waals surface area (Å²) < 4.78 is 5.72. The van der Waals surface area contributed by atoms with Crippen molar-refractivity contribution in [2.24, 2.45) is 0 Å². The van der Waals surface area contributed by atoms with Gasteiger partial charge in [-0.1, -0.05) is 18.2 Å². The van der Waals surface area contributed by atoms with Crippen LogP contribution in [0.5, 0.6) is 11.6 Å². The smallest absolute Gasteiger partial charge is 0.232 e. The van der Waals surface area contributed by atoms with E-state index >= 15 is 0 Å². The lowest BCUT2D eigenvalue weighted by Crippen LogP contribution is -2.30. The van der Waals surface area contributed by atoms with Crippen LogP contribution in [0.4, 0.5) is 5.95 Å². The summed E-state index contributed by atoms with van der Waals surface area (Å²) in [5, 5.41) is 6.74. The maximum Gasteiger partial charge on any atom is 0.232 e. The zero-order valence-electron chi connectivity index (χ0n) is 11.7. The average molecular weight is 300 g/mol. The lowest BCUT2D eigenvalue weighted by molar-refractivity contribution is 0.462. The summed E-state index contributed by atoms with van der Waals surface area (Å²) in [7, 11) is 0. The highest BCUT2D eigenvalue weighted by molar-refractivity contribution is 7.80. The Bertz CT molecular complexity index is 643. The van der Waals surface area contributed by atoms with Crippen molar-refractivity contribution in [2.75, 3.05) is 5.32 Å². The standard InChI is InChI=1S/C15H16N4OS/c1-10-9-13(20-12-5-3-2-4-6-12)18-14(16-10)19-15(21)17-11-7-8-11/h2-6,9,11H,7-8H2,1H3,(H2,16,17,18,19,21). The van der Waals surface area contributed by atoms with Crippen LogP contribution in [0.3, 0.4) is 0 Å². The molecule has 1 heterocycles. The van der Waals surface area contributed by atoms with Gasteiger partial charge in [-0.05, 0) is 44.1 Å². The van der Waals surface area contributed by atoms with Gasteiger partial charge < -0.3 is 15.4 Å². The van der Waals surface area contributed by atoms with Gasteiger partial charge in [-0.25, -0.2) is 4.98 Å². The normalized spacial score (nSPS) is 13.6. The van der Waals surface area contributed by atoms with Gasteiger partial charge >= 0.3 is 0 Å². The minimum Gasteiger partial charge on any atom is -0.439 e. The third kappa shape index (κ3) is 4.13. The van der Waals surface area contributed by atoms with E-state index in [1.807, 2.05) is 37.3 Å². The van der Waals surface area contributed by atoms with Crippen LogP contribution in [0.15, 0.2) is 36.4 Å². The average Bonchev–Trinajstić information content (AvgIpc) is 3.22. The van der Waals surface area contributed by atoms with E-state index in [1.54, 1.807) is 6.07 Å². The SMILES string of the molecule is Cc1cc(Oc2ccccc2)nc(NC(=S)NC2CC2)n1. The number of benzene rings is 1. The third-order valence-corrected chi connectivity index (χ3v) is 3.15. The van der Waals surface area contributed by atoms with E-state index in [0.717, 1.165) is 11.4 Å². The van der Waals surface area contributed by atoms with Crippen LogP contribution < -0.4 is 15.4 Å². The van der Waals surface area contributed by atoms with Crippen molar-refractivity contribution < 1.29 is 4.74 Å². The summed E-state index contributed by atoms with van der Waals surface area (Å²) in [6.07, 6.45) is 2.33. The van der Waals surface area contributed by atoms with Crippen LogP contribution in [0.2, 0.25) is 0 Å². The van der Waals surface area contributed by atoms with Gasteiger partial charge in [0.15, 0.2) is 5.11 Å². The zero-order chi connectivity index (χ0) is 14.7. The molecule has 1 aliphatic carbocycles. The maximum absolute atomic E-state index is 5.72. The Morgan fingerprint density at radius 2 is 2.00 bits per heavy atom. The Hall–Kier alpha value is -2.21. The van der Waals surface area contributed by atoms with Crippen molar-refractivity contribution in [1.82, 2.24) is 15.3 Å². The number of para-hydroxylation sites is 1. The molecule has 0 aliphatic heterocycles. The monoisotopic (exact) mass is 300 g/mol. The molecule has 0 radical (unpaired) electrons. The summed E-state index contributed by atoms with van der Waals surface area (Å²) in [5.74, 6) is 1.67. The summed E-state index contributed by atoms with van der Waals surface area (Å²) in [5.41, 5.74) is 0.813. The van der Waals surface area contributed by atoms with E-state index in [0.29, 0.717) is 23.0 Å². The number of aromatic nitrogens is 2. The van der Waals surface area contributed by atoms with Crippen LogP contribution in [0, 0.1) is 6.92 Å². The first-order chi connectivity index (χ1) is 10.2. The lowest BCUT2D eigenvalue weighted by Gasteiger charge is -2.10. The fourth-order valence-corrected chi connectivity index (χ4v) is 2.07. The Balaban J connectivity index is 1.71. The van der Waals surface area contributed by atoms with Gasteiger partial charge in [-0.15, -0.1) is 0 Å². The fourth-order valence-electron chi connectivity index (χ4n) is 1.81. The second kappa shape index (κ2) is 6.05. The van der Waals surface area contributed by atoms with Crippen LogP contribution in [-0.4, -0.2) is 21.1 Å². The van der Waals surface area contributed by atoms with Crippen molar-refractivity contribution >= 4 is 23.3 Å². The number of aryl methyl sites for hydroxylation is 1. The minimum atomic E-state index is 0.444. The predicted octanol–water partition coefficient (Wildman–Crippen LogP) is 3.03. The molecule has 1 aliphatic rings. The highest BCUT2D eigenvalue weighted by Gasteiger charge is 2.22. The maximum atomic E-state index is 5.72.